The van der Waals surface area contributed by atoms with Crippen LogP contribution in [0.15, 0.2) is 6.07 Å². The van der Waals surface area contributed by atoms with Crippen LogP contribution in [0.4, 0.5) is 0 Å². The maximum Gasteiger partial charge on any atom is 0.274 e. The third-order valence-electron chi connectivity index (χ3n) is 6.20. The van der Waals surface area contributed by atoms with Gasteiger partial charge in [0.2, 0.25) is 5.91 Å². The molecule has 9 heteroatoms. The van der Waals surface area contributed by atoms with Crippen LogP contribution in [-0.2, 0) is 21.2 Å². The topological polar surface area (TPSA) is 92.6 Å². The first-order valence-corrected chi connectivity index (χ1v) is 11.2. The summed E-state index contributed by atoms with van der Waals surface area (Å²) in [4.78, 5) is 28.3. The molecular weight excluding hydrogens is 368 g/mol. The van der Waals surface area contributed by atoms with Gasteiger partial charge in [-0.25, -0.2) is 8.42 Å². The number of aromatic nitrogens is 2. The van der Waals surface area contributed by atoms with Crippen LogP contribution in [0.25, 0.3) is 0 Å². The highest BCUT2D eigenvalue weighted by Crippen LogP contribution is 2.46. The van der Waals surface area contributed by atoms with Crippen molar-refractivity contribution in [3.05, 3.63) is 17.5 Å². The molecule has 2 saturated heterocycles. The fourth-order valence-corrected chi connectivity index (χ4v) is 6.75. The van der Waals surface area contributed by atoms with Gasteiger partial charge in [0, 0.05) is 45.3 Å². The highest BCUT2D eigenvalue weighted by atomic mass is 32.2. The minimum Gasteiger partial charge on any atom is -0.349 e. The second-order valence-electron chi connectivity index (χ2n) is 8.16. The van der Waals surface area contributed by atoms with Crippen molar-refractivity contribution >= 4 is 21.7 Å². The first-order valence-electron chi connectivity index (χ1n) is 9.50. The fourth-order valence-electron chi connectivity index (χ4n) is 4.44. The number of nitrogens with zero attached hydrogens (tertiary/aromatic N) is 4. The molecule has 27 heavy (non-hydrogen) atoms. The number of amides is 2. The molecule has 1 unspecified atom stereocenters. The Morgan fingerprint density at radius 1 is 1.26 bits per heavy atom. The van der Waals surface area contributed by atoms with Crippen LogP contribution in [0.1, 0.15) is 48.3 Å². The molecule has 1 aromatic rings. The molecule has 1 spiro atoms. The fraction of sp³-hybridized carbons (Fsp3) is 0.722. The summed E-state index contributed by atoms with van der Waals surface area (Å²) in [5.41, 5.74) is 1.46. The molecule has 3 fully saturated rings. The zero-order valence-electron chi connectivity index (χ0n) is 16.0. The van der Waals surface area contributed by atoms with Crippen molar-refractivity contribution in [1.29, 1.82) is 0 Å². The van der Waals surface area contributed by atoms with Crippen LogP contribution in [0, 0.1) is 5.92 Å². The zero-order valence-corrected chi connectivity index (χ0v) is 16.8. The van der Waals surface area contributed by atoms with Crippen molar-refractivity contribution in [2.45, 2.75) is 43.4 Å². The number of carbonyl (C=O) groups is 2. The molecule has 1 saturated carbocycles. The number of rotatable bonds is 4. The Kier molecular flexibility index (Phi) is 4.14. The second kappa shape index (κ2) is 6.05. The van der Waals surface area contributed by atoms with Gasteiger partial charge in [-0.1, -0.05) is 0 Å². The lowest BCUT2D eigenvalue weighted by Gasteiger charge is -2.49. The quantitative estimate of drug-likeness (QED) is 0.741. The Balaban J connectivity index is 1.55. The maximum atomic E-state index is 12.9. The Morgan fingerprint density at radius 3 is 2.48 bits per heavy atom. The van der Waals surface area contributed by atoms with Gasteiger partial charge in [-0.3, -0.25) is 14.3 Å². The van der Waals surface area contributed by atoms with Crippen molar-refractivity contribution in [1.82, 2.24) is 19.6 Å². The van der Waals surface area contributed by atoms with E-state index in [9.17, 15) is 18.0 Å². The molecule has 3 aliphatic rings. The molecule has 2 amide bonds. The van der Waals surface area contributed by atoms with Gasteiger partial charge in [0.1, 0.15) is 4.75 Å². The Bertz CT molecular complexity index is 894. The molecule has 148 valence electrons. The lowest BCUT2D eigenvalue weighted by atomic mass is 9.82. The average molecular weight is 394 g/mol. The van der Waals surface area contributed by atoms with Crippen molar-refractivity contribution in [3.8, 4) is 0 Å². The molecule has 8 nitrogen and oxygen atoms in total. The summed E-state index contributed by atoms with van der Waals surface area (Å²) in [5, 5.41) is 4.43. The highest BCUT2D eigenvalue weighted by molar-refractivity contribution is 7.93. The van der Waals surface area contributed by atoms with Gasteiger partial charge in [0.25, 0.3) is 5.91 Å². The smallest absolute Gasteiger partial charge is 0.274 e. The van der Waals surface area contributed by atoms with Gasteiger partial charge >= 0.3 is 0 Å². The van der Waals surface area contributed by atoms with Crippen LogP contribution >= 0.6 is 0 Å². The molecule has 4 rings (SSSR count). The first kappa shape index (κ1) is 18.5. The number of sulfone groups is 1. The molecular formula is C18H26N4O4S. The van der Waals surface area contributed by atoms with Crippen LogP contribution < -0.4 is 0 Å². The van der Waals surface area contributed by atoms with Crippen LogP contribution in [0.5, 0.6) is 0 Å². The molecule has 1 aromatic heterocycles. The van der Waals surface area contributed by atoms with E-state index in [1.54, 1.807) is 14.1 Å². The van der Waals surface area contributed by atoms with Gasteiger partial charge in [-0.05, 0) is 32.3 Å². The number of hydrogen-bond donors (Lipinski definition) is 0. The third kappa shape index (κ3) is 2.69. The minimum absolute atomic E-state index is 0.00949. The first-order chi connectivity index (χ1) is 12.7. The third-order valence-corrected chi connectivity index (χ3v) is 8.75. The largest absolute Gasteiger partial charge is 0.349 e. The van der Waals surface area contributed by atoms with Gasteiger partial charge in [-0.2, -0.15) is 5.10 Å². The molecule has 0 bridgehead atoms. The van der Waals surface area contributed by atoms with Crippen LogP contribution in [-0.4, -0.2) is 77.5 Å². The number of aryl methyl sites for hydroxylation is 1. The SMILES string of the molecule is CCn1nc(C(=O)N2CC3(C2)C(C(=O)N(C)C)CCS3(=O)=O)cc1C1CC1. The summed E-state index contributed by atoms with van der Waals surface area (Å²) in [6.07, 6.45) is 2.58. The van der Waals surface area contributed by atoms with Crippen molar-refractivity contribution in [2.75, 3.05) is 32.9 Å². The standard InChI is InChI=1S/C18H26N4O4S/c1-4-22-15(12-5-6-12)9-14(19-22)17(24)21-10-18(11-21)13(16(23)20(2)3)7-8-27(18,25)26/h9,12-13H,4-8,10-11H2,1-3H3. The Hall–Kier alpha value is -1.90. The van der Waals surface area contributed by atoms with E-state index in [-0.39, 0.29) is 30.7 Å². The summed E-state index contributed by atoms with van der Waals surface area (Å²) in [7, 11) is -0.128. The zero-order chi connectivity index (χ0) is 19.6. The van der Waals surface area contributed by atoms with E-state index >= 15 is 0 Å². The van der Waals surface area contributed by atoms with Gasteiger partial charge < -0.3 is 9.80 Å². The molecule has 0 aromatic carbocycles. The van der Waals surface area contributed by atoms with Crippen molar-refractivity contribution in [2.24, 2.45) is 5.92 Å². The Morgan fingerprint density at radius 2 is 1.93 bits per heavy atom. The minimum atomic E-state index is -3.40. The predicted molar refractivity (Wildman–Crippen MR) is 99.1 cm³/mol. The summed E-state index contributed by atoms with van der Waals surface area (Å²) >= 11 is 0. The average Bonchev–Trinajstić information content (AvgIpc) is 3.26. The van der Waals surface area contributed by atoms with Crippen molar-refractivity contribution < 1.29 is 18.0 Å². The molecule has 0 N–H and O–H groups in total. The summed E-state index contributed by atoms with van der Waals surface area (Å²) in [6, 6.07) is 1.85. The van der Waals surface area contributed by atoms with E-state index in [0.717, 1.165) is 18.5 Å². The van der Waals surface area contributed by atoms with E-state index in [1.165, 1.54) is 9.80 Å². The number of likely N-dealkylation sites (tertiary alicyclic amines) is 1. The summed E-state index contributed by atoms with van der Waals surface area (Å²) in [5.74, 6) is -0.492. The van der Waals surface area contributed by atoms with E-state index in [0.29, 0.717) is 24.6 Å². The number of hydrogen-bond acceptors (Lipinski definition) is 5. The van der Waals surface area contributed by atoms with Crippen LogP contribution in [0.3, 0.4) is 0 Å². The number of carbonyl (C=O) groups excluding carboxylic acids is 2. The van der Waals surface area contributed by atoms with E-state index < -0.39 is 20.5 Å². The molecule has 0 radical (unpaired) electrons. The summed E-state index contributed by atoms with van der Waals surface area (Å²) in [6.45, 7) is 2.86. The van der Waals surface area contributed by atoms with Gasteiger partial charge in [-0.15, -0.1) is 0 Å². The van der Waals surface area contributed by atoms with E-state index in [4.69, 9.17) is 0 Å². The summed E-state index contributed by atoms with van der Waals surface area (Å²) < 4.78 is 26.1. The van der Waals surface area contributed by atoms with Gasteiger partial charge in [0.15, 0.2) is 15.5 Å². The predicted octanol–water partition coefficient (Wildman–Crippen LogP) is 0.498. The highest BCUT2D eigenvalue weighted by Gasteiger charge is 2.65. The van der Waals surface area contributed by atoms with E-state index in [2.05, 4.69) is 5.10 Å². The van der Waals surface area contributed by atoms with Crippen LogP contribution in [0.2, 0.25) is 0 Å². The molecule has 3 heterocycles. The lowest BCUT2D eigenvalue weighted by Crippen LogP contribution is -2.69. The maximum absolute atomic E-state index is 12.9. The van der Waals surface area contributed by atoms with E-state index in [1.807, 2.05) is 17.7 Å². The molecule has 1 aliphatic carbocycles. The molecule has 2 aliphatic heterocycles. The van der Waals surface area contributed by atoms with Crippen molar-refractivity contribution in [3.63, 3.8) is 0 Å². The normalized spacial score (nSPS) is 25.4. The van der Waals surface area contributed by atoms with Gasteiger partial charge in [0.05, 0.1) is 11.7 Å². The molecule has 1 atom stereocenters. The second-order valence-corrected chi connectivity index (χ2v) is 10.6. The monoisotopic (exact) mass is 394 g/mol. The Labute approximate surface area is 159 Å². The lowest BCUT2D eigenvalue weighted by molar-refractivity contribution is -0.135.